The van der Waals surface area contributed by atoms with Crippen LogP contribution < -0.4 is 0 Å². The van der Waals surface area contributed by atoms with Crippen molar-refractivity contribution >= 4 is 0 Å². The molecule has 1 aromatic rings. The smallest absolute Gasteiger partial charge is 0.0952 e. The molecule has 4 atom stereocenters. The van der Waals surface area contributed by atoms with Crippen molar-refractivity contribution < 1.29 is 10.2 Å². The third-order valence-corrected chi connectivity index (χ3v) is 4.48. The number of hydrogen-bond donors (Lipinski definition) is 2. The maximum absolute atomic E-state index is 10.8. The molecule has 86 valence electrons. The Balaban J connectivity index is 1.98. The molecule has 4 unspecified atom stereocenters. The van der Waals surface area contributed by atoms with Crippen molar-refractivity contribution in [2.45, 2.75) is 37.9 Å². The van der Waals surface area contributed by atoms with Crippen LogP contribution in [0.4, 0.5) is 0 Å². The van der Waals surface area contributed by atoms with E-state index in [9.17, 15) is 10.2 Å². The Morgan fingerprint density at radius 3 is 2.38 bits per heavy atom. The van der Waals surface area contributed by atoms with Crippen molar-refractivity contribution in [1.29, 1.82) is 0 Å². The fourth-order valence-corrected chi connectivity index (χ4v) is 3.53. The topological polar surface area (TPSA) is 40.5 Å². The molecule has 0 aliphatic heterocycles. The van der Waals surface area contributed by atoms with Gasteiger partial charge >= 0.3 is 0 Å². The minimum atomic E-state index is -0.782. The zero-order valence-corrected chi connectivity index (χ0v) is 9.56. The molecule has 0 heterocycles. The predicted octanol–water partition coefficient (Wildman–Crippen LogP) is 1.97. The first-order valence-electron chi connectivity index (χ1n) is 6.09. The van der Waals surface area contributed by atoms with Crippen molar-refractivity contribution in [3.05, 3.63) is 35.4 Å². The largest absolute Gasteiger partial charge is 0.392 e. The summed E-state index contributed by atoms with van der Waals surface area (Å²) in [6.07, 6.45) is 2.45. The standard InChI is InChI=1S/C14H18O2/c1-9-2-5-11(6-3-9)14(16)8-10-4-7-12(14)13(10)15/h2-3,5-6,10,12-13,15-16H,4,7-8H2,1H3. The van der Waals surface area contributed by atoms with Gasteiger partial charge in [-0.25, -0.2) is 0 Å². The van der Waals surface area contributed by atoms with Gasteiger partial charge in [0.15, 0.2) is 0 Å². The molecule has 0 spiro atoms. The van der Waals surface area contributed by atoms with Crippen molar-refractivity contribution in [1.82, 2.24) is 0 Å². The molecule has 2 saturated carbocycles. The lowest BCUT2D eigenvalue weighted by Gasteiger charge is -2.32. The average Bonchev–Trinajstić information content (AvgIpc) is 2.73. The van der Waals surface area contributed by atoms with Crippen LogP contribution in [-0.4, -0.2) is 16.3 Å². The molecule has 2 aliphatic rings. The van der Waals surface area contributed by atoms with E-state index >= 15 is 0 Å². The van der Waals surface area contributed by atoms with Crippen molar-refractivity contribution in [2.24, 2.45) is 11.8 Å². The van der Waals surface area contributed by atoms with Crippen LogP contribution >= 0.6 is 0 Å². The van der Waals surface area contributed by atoms with Crippen LogP contribution in [0.5, 0.6) is 0 Å². The molecule has 2 N–H and O–H groups in total. The summed E-state index contributed by atoms with van der Waals surface area (Å²) in [4.78, 5) is 0. The van der Waals surface area contributed by atoms with Gasteiger partial charge in [0, 0.05) is 5.92 Å². The second kappa shape index (κ2) is 3.31. The van der Waals surface area contributed by atoms with Gasteiger partial charge in [0.2, 0.25) is 0 Å². The second-order valence-corrected chi connectivity index (χ2v) is 5.43. The van der Waals surface area contributed by atoms with Crippen LogP contribution in [0, 0.1) is 18.8 Å². The van der Waals surface area contributed by atoms with Gasteiger partial charge in [-0.3, -0.25) is 0 Å². The summed E-state index contributed by atoms with van der Waals surface area (Å²) in [6, 6.07) is 8.07. The molecule has 2 aliphatic carbocycles. The molecule has 0 radical (unpaired) electrons. The summed E-state index contributed by atoms with van der Waals surface area (Å²) in [5.74, 6) is 0.344. The van der Waals surface area contributed by atoms with Crippen molar-refractivity contribution in [3.63, 3.8) is 0 Å². The molecule has 1 aromatic carbocycles. The highest BCUT2D eigenvalue weighted by molar-refractivity contribution is 5.30. The van der Waals surface area contributed by atoms with Crippen LogP contribution in [0.1, 0.15) is 30.4 Å². The lowest BCUT2D eigenvalue weighted by atomic mass is 9.79. The average molecular weight is 218 g/mol. The van der Waals surface area contributed by atoms with Crippen molar-refractivity contribution in [3.8, 4) is 0 Å². The van der Waals surface area contributed by atoms with Gasteiger partial charge in [0.05, 0.1) is 11.7 Å². The Bertz CT molecular complexity index is 398. The Kier molecular flexibility index (Phi) is 2.13. The van der Waals surface area contributed by atoms with E-state index in [-0.39, 0.29) is 12.0 Å². The maximum Gasteiger partial charge on any atom is 0.0952 e. The van der Waals surface area contributed by atoms with Gasteiger partial charge < -0.3 is 10.2 Å². The number of rotatable bonds is 1. The Labute approximate surface area is 95.9 Å². The van der Waals surface area contributed by atoms with Gasteiger partial charge in [-0.2, -0.15) is 0 Å². The minimum absolute atomic E-state index is 0.0419. The van der Waals surface area contributed by atoms with E-state index in [1.54, 1.807) is 0 Å². The summed E-state index contributed by atoms with van der Waals surface area (Å²) < 4.78 is 0. The van der Waals surface area contributed by atoms with Gasteiger partial charge in [-0.1, -0.05) is 29.8 Å². The number of aliphatic hydroxyl groups is 2. The molecule has 0 aromatic heterocycles. The highest BCUT2D eigenvalue weighted by atomic mass is 16.3. The van der Waals surface area contributed by atoms with E-state index in [1.165, 1.54) is 5.56 Å². The Morgan fingerprint density at radius 2 is 1.88 bits per heavy atom. The number of benzene rings is 1. The summed E-state index contributed by atoms with van der Waals surface area (Å²) in [7, 11) is 0. The zero-order valence-electron chi connectivity index (χ0n) is 9.56. The van der Waals surface area contributed by atoms with Crippen LogP contribution in [0.2, 0.25) is 0 Å². The first-order valence-corrected chi connectivity index (χ1v) is 6.09. The number of aryl methyl sites for hydroxylation is 1. The van der Waals surface area contributed by atoms with Gasteiger partial charge in [0.1, 0.15) is 0 Å². The van der Waals surface area contributed by atoms with Gasteiger partial charge in [-0.15, -0.1) is 0 Å². The predicted molar refractivity (Wildman–Crippen MR) is 61.9 cm³/mol. The van der Waals surface area contributed by atoms with Crippen LogP contribution in [0.3, 0.4) is 0 Å². The molecule has 2 fully saturated rings. The van der Waals surface area contributed by atoms with Crippen molar-refractivity contribution in [2.75, 3.05) is 0 Å². The van der Waals surface area contributed by atoms with Gasteiger partial charge in [0.25, 0.3) is 0 Å². The highest BCUT2D eigenvalue weighted by Gasteiger charge is 2.56. The zero-order chi connectivity index (χ0) is 11.3. The fourth-order valence-electron chi connectivity index (χ4n) is 3.53. The molecule has 0 saturated heterocycles. The third-order valence-electron chi connectivity index (χ3n) is 4.48. The minimum Gasteiger partial charge on any atom is -0.392 e. The molecular weight excluding hydrogens is 200 g/mol. The molecule has 2 heteroatoms. The van der Waals surface area contributed by atoms with Gasteiger partial charge in [-0.05, 0) is 37.7 Å². The number of aliphatic hydroxyl groups excluding tert-OH is 1. The monoisotopic (exact) mass is 218 g/mol. The van der Waals surface area contributed by atoms with E-state index in [0.717, 1.165) is 24.8 Å². The fraction of sp³-hybridized carbons (Fsp3) is 0.571. The van der Waals surface area contributed by atoms with Crippen LogP contribution in [0.15, 0.2) is 24.3 Å². The SMILES string of the molecule is Cc1ccc(C2(O)CC3CCC2C3O)cc1. The molecule has 2 bridgehead atoms. The lowest BCUT2D eigenvalue weighted by molar-refractivity contribution is -0.0338. The third kappa shape index (κ3) is 1.26. The molecule has 16 heavy (non-hydrogen) atoms. The molecule has 3 rings (SSSR count). The quantitative estimate of drug-likeness (QED) is 0.756. The Morgan fingerprint density at radius 1 is 1.19 bits per heavy atom. The van der Waals surface area contributed by atoms with E-state index in [1.807, 2.05) is 31.2 Å². The normalized spacial score (nSPS) is 41.6. The van der Waals surface area contributed by atoms with Crippen LogP contribution in [0.25, 0.3) is 0 Å². The van der Waals surface area contributed by atoms with E-state index in [4.69, 9.17) is 0 Å². The second-order valence-electron chi connectivity index (χ2n) is 5.43. The Hall–Kier alpha value is -0.860. The summed E-state index contributed by atoms with van der Waals surface area (Å²) in [6.45, 7) is 2.05. The highest BCUT2D eigenvalue weighted by Crippen LogP contribution is 2.55. The summed E-state index contributed by atoms with van der Waals surface area (Å²) in [5, 5.41) is 20.8. The summed E-state index contributed by atoms with van der Waals surface area (Å²) >= 11 is 0. The number of fused-ring (bicyclic) bond motifs is 2. The number of hydrogen-bond acceptors (Lipinski definition) is 2. The molecular formula is C14H18O2. The lowest BCUT2D eigenvalue weighted by Crippen LogP contribution is -2.34. The summed E-state index contributed by atoms with van der Waals surface area (Å²) in [5.41, 5.74) is 1.40. The molecule has 0 amide bonds. The first-order chi connectivity index (χ1) is 7.61. The van der Waals surface area contributed by atoms with Crippen LogP contribution in [-0.2, 0) is 5.60 Å². The maximum atomic E-state index is 10.8. The first kappa shape index (κ1) is 10.3. The molecule has 2 nitrogen and oxygen atoms in total. The van der Waals surface area contributed by atoms with E-state index in [2.05, 4.69) is 0 Å². The van der Waals surface area contributed by atoms with E-state index < -0.39 is 5.60 Å². The van der Waals surface area contributed by atoms with E-state index in [0.29, 0.717) is 5.92 Å².